The van der Waals surface area contributed by atoms with Crippen LogP contribution >= 0.6 is 0 Å². The van der Waals surface area contributed by atoms with Crippen LogP contribution in [-0.2, 0) is 0 Å². The van der Waals surface area contributed by atoms with E-state index in [2.05, 4.69) is 5.10 Å². The van der Waals surface area contributed by atoms with E-state index in [0.29, 0.717) is 22.4 Å². The highest BCUT2D eigenvalue weighted by molar-refractivity contribution is 6.17. The van der Waals surface area contributed by atoms with Crippen LogP contribution in [0.5, 0.6) is 0 Å². The summed E-state index contributed by atoms with van der Waals surface area (Å²) >= 11 is 0. The Kier molecular flexibility index (Phi) is 3.65. The van der Waals surface area contributed by atoms with E-state index in [9.17, 15) is 9.18 Å². The largest absolute Gasteiger partial charge is 0.288 e. The topological polar surface area (TPSA) is 34.4 Å². The van der Waals surface area contributed by atoms with Crippen LogP contribution < -0.4 is 0 Å². The van der Waals surface area contributed by atoms with Gasteiger partial charge in [0.25, 0.3) is 0 Å². The molecule has 0 bridgehead atoms. The lowest BCUT2D eigenvalue weighted by molar-refractivity contribution is 0.104. The molecule has 4 rings (SSSR count). The van der Waals surface area contributed by atoms with Gasteiger partial charge in [-0.05, 0) is 42.8 Å². The fraction of sp³-hybridized carbons (Fsp3) is 0.0476. The predicted molar refractivity (Wildman–Crippen MR) is 95.2 cm³/mol. The maximum atomic E-state index is 13.3. The smallest absolute Gasteiger partial charge is 0.197 e. The summed E-state index contributed by atoms with van der Waals surface area (Å²) in [5, 5.41) is 4.59. The van der Waals surface area contributed by atoms with Gasteiger partial charge >= 0.3 is 0 Å². The lowest BCUT2D eigenvalue weighted by Gasteiger charge is -2.05. The number of hydrogen-bond acceptors (Lipinski definition) is 2. The Bertz CT molecular complexity index is 1070. The van der Waals surface area contributed by atoms with Crippen LogP contribution in [0.3, 0.4) is 0 Å². The molecule has 0 aliphatic carbocycles. The first-order valence-electron chi connectivity index (χ1n) is 7.99. The molecule has 0 amide bonds. The van der Waals surface area contributed by atoms with Gasteiger partial charge in [0.1, 0.15) is 11.5 Å². The molecule has 25 heavy (non-hydrogen) atoms. The summed E-state index contributed by atoms with van der Waals surface area (Å²) in [6, 6.07) is 19.0. The van der Waals surface area contributed by atoms with Gasteiger partial charge in [-0.2, -0.15) is 5.10 Å². The minimum absolute atomic E-state index is 0.0933. The molecule has 0 aliphatic heterocycles. The molecule has 0 saturated carbocycles. The molecule has 0 N–H and O–H groups in total. The van der Waals surface area contributed by atoms with E-state index in [4.69, 9.17) is 0 Å². The third kappa shape index (κ3) is 2.62. The molecule has 2 aromatic carbocycles. The van der Waals surface area contributed by atoms with Crippen molar-refractivity contribution in [3.63, 3.8) is 0 Å². The average molecular weight is 330 g/mol. The number of carbonyl (C=O) groups excluding carboxylic acids is 1. The summed E-state index contributed by atoms with van der Waals surface area (Å²) in [4.78, 5) is 13.2. The molecule has 0 spiro atoms. The molecule has 4 heteroatoms. The fourth-order valence-corrected chi connectivity index (χ4v) is 3.03. The molecule has 4 aromatic rings. The number of fused-ring (bicyclic) bond motifs is 1. The maximum absolute atomic E-state index is 13.3. The Morgan fingerprint density at radius 2 is 1.68 bits per heavy atom. The van der Waals surface area contributed by atoms with E-state index < -0.39 is 0 Å². The summed E-state index contributed by atoms with van der Waals surface area (Å²) < 4.78 is 15.0. The van der Waals surface area contributed by atoms with Crippen molar-refractivity contribution >= 4 is 11.3 Å². The normalized spacial score (nSPS) is 11.0. The van der Waals surface area contributed by atoms with E-state index >= 15 is 0 Å². The Labute approximate surface area is 144 Å². The molecule has 0 saturated heterocycles. The number of aromatic nitrogens is 2. The van der Waals surface area contributed by atoms with Crippen LogP contribution in [0.4, 0.5) is 4.39 Å². The third-order valence-electron chi connectivity index (χ3n) is 4.24. The predicted octanol–water partition coefficient (Wildman–Crippen LogP) is 4.68. The third-order valence-corrected chi connectivity index (χ3v) is 4.24. The molecule has 122 valence electrons. The van der Waals surface area contributed by atoms with E-state index in [1.54, 1.807) is 28.8 Å². The summed E-state index contributed by atoms with van der Waals surface area (Å²) in [6.07, 6.45) is 1.82. The molecule has 2 heterocycles. The standard InChI is InChI=1S/C21H15FN2O/c1-14-6-5-13-24-20(14)18(21(25)16-7-3-2-4-8-16)19(23-24)15-9-11-17(22)12-10-15/h2-13H,1H3. The minimum atomic E-state index is -0.320. The summed E-state index contributed by atoms with van der Waals surface area (Å²) in [7, 11) is 0. The van der Waals surface area contributed by atoms with Crippen LogP contribution in [0.25, 0.3) is 16.8 Å². The lowest BCUT2D eigenvalue weighted by atomic mass is 9.97. The van der Waals surface area contributed by atoms with Gasteiger partial charge < -0.3 is 0 Å². The molecule has 0 radical (unpaired) electrons. The second kappa shape index (κ2) is 5.98. The maximum Gasteiger partial charge on any atom is 0.197 e. The molecule has 0 unspecified atom stereocenters. The van der Waals surface area contributed by atoms with Crippen molar-refractivity contribution in [2.45, 2.75) is 6.92 Å². The Balaban J connectivity index is 2.01. The average Bonchev–Trinajstić information content (AvgIpc) is 3.03. The first-order valence-corrected chi connectivity index (χ1v) is 7.99. The van der Waals surface area contributed by atoms with Gasteiger partial charge in [0.2, 0.25) is 0 Å². The second-order valence-electron chi connectivity index (χ2n) is 5.91. The monoisotopic (exact) mass is 330 g/mol. The Morgan fingerprint density at radius 1 is 0.960 bits per heavy atom. The minimum Gasteiger partial charge on any atom is -0.288 e. The van der Waals surface area contributed by atoms with Crippen LogP contribution in [0.1, 0.15) is 21.5 Å². The van der Waals surface area contributed by atoms with Crippen LogP contribution in [0.2, 0.25) is 0 Å². The number of pyridine rings is 1. The zero-order valence-corrected chi connectivity index (χ0v) is 13.6. The van der Waals surface area contributed by atoms with Crippen LogP contribution in [-0.4, -0.2) is 15.4 Å². The van der Waals surface area contributed by atoms with Crippen molar-refractivity contribution in [2.75, 3.05) is 0 Å². The molecular weight excluding hydrogens is 315 g/mol. The van der Waals surface area contributed by atoms with E-state index in [-0.39, 0.29) is 11.6 Å². The number of nitrogens with zero attached hydrogens (tertiary/aromatic N) is 2. The highest BCUT2D eigenvalue weighted by Crippen LogP contribution is 2.30. The van der Waals surface area contributed by atoms with Gasteiger partial charge in [-0.3, -0.25) is 4.79 Å². The fourth-order valence-electron chi connectivity index (χ4n) is 3.03. The Morgan fingerprint density at radius 3 is 2.40 bits per heavy atom. The molecule has 0 atom stereocenters. The lowest BCUT2D eigenvalue weighted by Crippen LogP contribution is -2.03. The van der Waals surface area contributed by atoms with Crippen molar-refractivity contribution in [3.8, 4) is 11.3 Å². The zero-order valence-electron chi connectivity index (χ0n) is 13.6. The van der Waals surface area contributed by atoms with E-state index in [0.717, 1.165) is 11.1 Å². The number of halogens is 1. The van der Waals surface area contributed by atoms with Crippen molar-refractivity contribution in [1.29, 1.82) is 0 Å². The number of rotatable bonds is 3. The van der Waals surface area contributed by atoms with Gasteiger partial charge in [-0.25, -0.2) is 8.91 Å². The van der Waals surface area contributed by atoms with E-state index in [1.165, 1.54) is 12.1 Å². The molecule has 0 fully saturated rings. The van der Waals surface area contributed by atoms with Gasteiger partial charge in [0, 0.05) is 17.3 Å². The highest BCUT2D eigenvalue weighted by Gasteiger charge is 2.23. The molecule has 3 nitrogen and oxygen atoms in total. The SMILES string of the molecule is Cc1cccn2nc(-c3ccc(F)cc3)c(C(=O)c3ccccc3)c12. The van der Waals surface area contributed by atoms with Gasteiger partial charge in [0.15, 0.2) is 5.78 Å². The first kappa shape index (κ1) is 15.3. The van der Waals surface area contributed by atoms with Crippen LogP contribution in [0, 0.1) is 12.7 Å². The van der Waals surface area contributed by atoms with Crippen molar-refractivity contribution in [1.82, 2.24) is 9.61 Å². The molecular formula is C21H15FN2O. The molecule has 2 aromatic heterocycles. The summed E-state index contributed by atoms with van der Waals surface area (Å²) in [5.74, 6) is -0.413. The molecule has 0 aliphatic rings. The van der Waals surface area contributed by atoms with Gasteiger partial charge in [-0.15, -0.1) is 0 Å². The van der Waals surface area contributed by atoms with Crippen molar-refractivity contribution in [2.24, 2.45) is 0 Å². The zero-order chi connectivity index (χ0) is 17.4. The summed E-state index contributed by atoms with van der Waals surface area (Å²) in [5.41, 5.74) is 4.14. The number of carbonyl (C=O) groups is 1. The van der Waals surface area contributed by atoms with Crippen LogP contribution in [0.15, 0.2) is 72.9 Å². The Hall–Kier alpha value is -3.27. The van der Waals surface area contributed by atoms with Crippen molar-refractivity contribution in [3.05, 3.63) is 95.4 Å². The quantitative estimate of drug-likeness (QED) is 0.511. The summed E-state index contributed by atoms with van der Waals surface area (Å²) in [6.45, 7) is 1.95. The van der Waals surface area contributed by atoms with Gasteiger partial charge in [-0.1, -0.05) is 36.4 Å². The highest BCUT2D eigenvalue weighted by atomic mass is 19.1. The van der Waals surface area contributed by atoms with Gasteiger partial charge in [0.05, 0.1) is 11.1 Å². The van der Waals surface area contributed by atoms with E-state index in [1.807, 2.05) is 43.5 Å². The number of hydrogen-bond donors (Lipinski definition) is 0. The number of ketones is 1. The number of aryl methyl sites for hydroxylation is 1. The first-order chi connectivity index (χ1) is 12.1. The van der Waals surface area contributed by atoms with Crippen molar-refractivity contribution < 1.29 is 9.18 Å². The number of benzene rings is 2. The second-order valence-corrected chi connectivity index (χ2v) is 5.91.